The van der Waals surface area contributed by atoms with Gasteiger partial charge >= 0.3 is 5.97 Å². The van der Waals surface area contributed by atoms with E-state index in [1.54, 1.807) is 24.3 Å². The number of rotatable bonds is 5. The summed E-state index contributed by atoms with van der Waals surface area (Å²) >= 11 is 0. The number of hydrogen-bond donors (Lipinski definition) is 2. The van der Waals surface area contributed by atoms with Gasteiger partial charge in [0.05, 0.1) is 6.42 Å². The van der Waals surface area contributed by atoms with Gasteiger partial charge in [0, 0.05) is 12.2 Å². The highest BCUT2D eigenvalue weighted by atomic mass is 19.1. The molecule has 0 amide bonds. The van der Waals surface area contributed by atoms with E-state index in [1.807, 2.05) is 0 Å². The lowest BCUT2D eigenvalue weighted by Gasteiger charge is -2.04. The molecule has 0 bridgehead atoms. The molecule has 0 spiro atoms. The Morgan fingerprint density at radius 3 is 2.50 bits per heavy atom. The molecule has 0 aromatic heterocycles. The number of carboxylic acid groups (broad SMARTS) is 1. The van der Waals surface area contributed by atoms with E-state index in [-0.39, 0.29) is 13.0 Å². The minimum atomic E-state index is -0.852. The average Bonchev–Trinajstić information content (AvgIpc) is 2.16. The maximum atomic E-state index is 11.8. The van der Waals surface area contributed by atoms with Crippen LogP contribution in [0.1, 0.15) is 5.56 Å². The quantitative estimate of drug-likeness (QED) is 0.755. The fourth-order valence-corrected chi connectivity index (χ4v) is 1.11. The second-order valence-corrected chi connectivity index (χ2v) is 2.88. The van der Waals surface area contributed by atoms with Crippen LogP contribution in [0.4, 0.5) is 10.1 Å². The number of aliphatic carboxylic acids is 1. The summed E-state index contributed by atoms with van der Waals surface area (Å²) in [6.45, 7) is -0.144. The Morgan fingerprint density at radius 1 is 1.36 bits per heavy atom. The summed E-state index contributed by atoms with van der Waals surface area (Å²) in [7, 11) is 0. The second kappa shape index (κ2) is 5.21. The van der Waals surface area contributed by atoms with E-state index in [2.05, 4.69) is 5.32 Å². The Kier molecular flexibility index (Phi) is 3.91. The maximum absolute atomic E-state index is 11.8. The number of benzene rings is 1. The van der Waals surface area contributed by atoms with Gasteiger partial charge in [-0.2, -0.15) is 0 Å². The highest BCUT2D eigenvalue weighted by Gasteiger charge is 1.99. The molecule has 3 nitrogen and oxygen atoms in total. The van der Waals surface area contributed by atoms with Crippen LogP contribution in [0.2, 0.25) is 0 Å². The fraction of sp³-hybridized carbons (Fsp3) is 0.300. The van der Waals surface area contributed by atoms with Crippen molar-refractivity contribution in [1.29, 1.82) is 0 Å². The van der Waals surface area contributed by atoms with Crippen LogP contribution < -0.4 is 5.32 Å². The number of alkyl halides is 1. The molecule has 0 heterocycles. The van der Waals surface area contributed by atoms with Crippen LogP contribution in [0.25, 0.3) is 0 Å². The van der Waals surface area contributed by atoms with Crippen molar-refractivity contribution in [1.82, 2.24) is 0 Å². The number of anilines is 1. The minimum Gasteiger partial charge on any atom is -0.481 e. The maximum Gasteiger partial charge on any atom is 0.307 e. The van der Waals surface area contributed by atoms with Crippen molar-refractivity contribution in [2.24, 2.45) is 0 Å². The fourth-order valence-electron chi connectivity index (χ4n) is 1.11. The van der Waals surface area contributed by atoms with Crippen LogP contribution in [0, 0.1) is 0 Å². The molecule has 0 saturated heterocycles. The van der Waals surface area contributed by atoms with Crippen molar-refractivity contribution >= 4 is 11.7 Å². The molecule has 0 aliphatic heterocycles. The molecule has 0 radical (unpaired) electrons. The Balaban J connectivity index is 2.54. The predicted molar refractivity (Wildman–Crippen MR) is 52.2 cm³/mol. The molecule has 4 heteroatoms. The highest BCUT2D eigenvalue weighted by Crippen LogP contribution is 2.09. The predicted octanol–water partition coefficient (Wildman–Crippen LogP) is 1.70. The zero-order valence-corrected chi connectivity index (χ0v) is 7.66. The molecule has 76 valence electrons. The molecule has 0 aliphatic carbocycles. The molecule has 0 aliphatic rings. The van der Waals surface area contributed by atoms with E-state index in [4.69, 9.17) is 5.11 Å². The van der Waals surface area contributed by atoms with E-state index in [1.165, 1.54) is 0 Å². The molecule has 0 atom stereocenters. The smallest absolute Gasteiger partial charge is 0.307 e. The van der Waals surface area contributed by atoms with Gasteiger partial charge in [-0.15, -0.1) is 0 Å². The average molecular weight is 197 g/mol. The first kappa shape index (κ1) is 10.5. The molecule has 14 heavy (non-hydrogen) atoms. The Labute approximate surface area is 81.6 Å². The van der Waals surface area contributed by atoms with E-state index < -0.39 is 12.6 Å². The monoisotopic (exact) mass is 197 g/mol. The van der Waals surface area contributed by atoms with Crippen LogP contribution in [-0.2, 0) is 11.2 Å². The van der Waals surface area contributed by atoms with Gasteiger partial charge in [-0.25, -0.2) is 4.39 Å². The molecular weight excluding hydrogens is 185 g/mol. The van der Waals surface area contributed by atoms with Gasteiger partial charge in [0.25, 0.3) is 0 Å². The molecule has 1 aromatic carbocycles. The SMILES string of the molecule is O=C(O)Cc1ccc(NCCF)cc1. The first-order valence-electron chi connectivity index (χ1n) is 4.33. The number of carbonyl (C=O) groups is 1. The molecule has 0 saturated carbocycles. The van der Waals surface area contributed by atoms with Crippen molar-refractivity contribution in [2.75, 3.05) is 18.5 Å². The Hall–Kier alpha value is -1.58. The standard InChI is InChI=1S/C10H12FNO2/c11-5-6-12-9-3-1-8(2-4-9)7-10(13)14/h1-4,12H,5-7H2,(H,13,14). The van der Waals surface area contributed by atoms with E-state index in [9.17, 15) is 9.18 Å². The minimum absolute atomic E-state index is 0.0173. The van der Waals surface area contributed by atoms with Crippen LogP contribution in [-0.4, -0.2) is 24.3 Å². The van der Waals surface area contributed by atoms with Crippen molar-refractivity contribution in [3.8, 4) is 0 Å². The highest BCUT2D eigenvalue weighted by molar-refractivity contribution is 5.70. The zero-order chi connectivity index (χ0) is 10.4. The van der Waals surface area contributed by atoms with E-state index >= 15 is 0 Å². The van der Waals surface area contributed by atoms with Crippen LogP contribution >= 0.6 is 0 Å². The number of halogens is 1. The third-order valence-corrected chi connectivity index (χ3v) is 1.73. The van der Waals surface area contributed by atoms with Gasteiger partial charge in [0.2, 0.25) is 0 Å². The summed E-state index contributed by atoms with van der Waals surface area (Å²) in [4.78, 5) is 10.4. The summed E-state index contributed by atoms with van der Waals surface area (Å²) in [5.41, 5.74) is 1.54. The lowest BCUT2D eigenvalue weighted by Crippen LogP contribution is -2.03. The summed E-state index contributed by atoms with van der Waals surface area (Å²) in [5.74, 6) is -0.852. The number of nitrogens with one attached hydrogen (secondary N) is 1. The van der Waals surface area contributed by atoms with Gasteiger partial charge in [0.1, 0.15) is 6.67 Å². The van der Waals surface area contributed by atoms with Crippen molar-refractivity contribution < 1.29 is 14.3 Å². The lowest BCUT2D eigenvalue weighted by atomic mass is 10.1. The molecule has 0 unspecified atom stereocenters. The molecular formula is C10H12FNO2. The normalized spacial score (nSPS) is 9.79. The molecule has 1 aromatic rings. The van der Waals surface area contributed by atoms with Crippen molar-refractivity contribution in [2.45, 2.75) is 6.42 Å². The topological polar surface area (TPSA) is 49.3 Å². The van der Waals surface area contributed by atoms with Crippen LogP contribution in [0.15, 0.2) is 24.3 Å². The summed E-state index contributed by atoms with van der Waals surface area (Å²) in [5, 5.41) is 11.4. The summed E-state index contributed by atoms with van der Waals surface area (Å²) < 4.78 is 11.8. The third-order valence-electron chi connectivity index (χ3n) is 1.73. The largest absolute Gasteiger partial charge is 0.481 e. The van der Waals surface area contributed by atoms with Gasteiger partial charge in [-0.1, -0.05) is 12.1 Å². The summed E-state index contributed by atoms with van der Waals surface area (Å²) in [6.07, 6.45) is 0.0173. The number of carboxylic acids is 1. The molecule has 1 rings (SSSR count). The molecule has 0 fully saturated rings. The first-order chi connectivity index (χ1) is 6.72. The van der Waals surface area contributed by atoms with E-state index in [0.29, 0.717) is 0 Å². The third kappa shape index (κ3) is 3.43. The Bertz CT molecular complexity index is 297. The summed E-state index contributed by atoms with van der Waals surface area (Å²) in [6, 6.07) is 6.92. The van der Waals surface area contributed by atoms with Gasteiger partial charge in [-0.05, 0) is 17.7 Å². The van der Waals surface area contributed by atoms with Gasteiger partial charge in [0.15, 0.2) is 0 Å². The van der Waals surface area contributed by atoms with Crippen molar-refractivity contribution in [3.05, 3.63) is 29.8 Å². The molecule has 2 N–H and O–H groups in total. The second-order valence-electron chi connectivity index (χ2n) is 2.88. The van der Waals surface area contributed by atoms with Crippen LogP contribution in [0.5, 0.6) is 0 Å². The van der Waals surface area contributed by atoms with Crippen LogP contribution in [0.3, 0.4) is 0 Å². The van der Waals surface area contributed by atoms with Gasteiger partial charge in [-0.3, -0.25) is 4.79 Å². The Morgan fingerprint density at radius 2 is 2.00 bits per heavy atom. The number of hydrogen-bond acceptors (Lipinski definition) is 2. The lowest BCUT2D eigenvalue weighted by molar-refractivity contribution is -0.136. The van der Waals surface area contributed by atoms with E-state index in [0.717, 1.165) is 11.3 Å². The van der Waals surface area contributed by atoms with Gasteiger partial charge < -0.3 is 10.4 Å². The van der Waals surface area contributed by atoms with Crippen molar-refractivity contribution in [3.63, 3.8) is 0 Å². The first-order valence-corrected chi connectivity index (χ1v) is 4.33. The zero-order valence-electron chi connectivity index (χ0n) is 7.66.